The average Bonchev–Trinajstić information content (AvgIpc) is 2.69. The van der Waals surface area contributed by atoms with Gasteiger partial charge in [-0.25, -0.2) is 8.78 Å². The Morgan fingerprint density at radius 1 is 1.33 bits per heavy atom. The molecule has 18 heavy (non-hydrogen) atoms. The van der Waals surface area contributed by atoms with Gasteiger partial charge in [-0.2, -0.15) is 0 Å². The third-order valence-electron chi connectivity index (χ3n) is 2.07. The highest BCUT2D eigenvalue weighted by atomic mass is 79.9. The zero-order valence-electron chi connectivity index (χ0n) is 8.64. The standard InChI is InChI=1S/C11H5BrClF2NOS/c12-5-3-7(14)9(8(15)4-5)16-11(17)10-6(13)1-2-18-10/h1-4H,(H,16,17). The van der Waals surface area contributed by atoms with Crippen molar-refractivity contribution in [3.63, 3.8) is 0 Å². The van der Waals surface area contributed by atoms with Crippen LogP contribution in [0.2, 0.25) is 5.02 Å². The molecule has 1 heterocycles. The number of rotatable bonds is 2. The van der Waals surface area contributed by atoms with Gasteiger partial charge in [-0.3, -0.25) is 4.79 Å². The summed E-state index contributed by atoms with van der Waals surface area (Å²) in [5, 5.41) is 4.03. The molecule has 1 aromatic carbocycles. The Morgan fingerprint density at radius 2 is 1.94 bits per heavy atom. The molecule has 0 unspecified atom stereocenters. The van der Waals surface area contributed by atoms with Crippen LogP contribution in [0.1, 0.15) is 9.67 Å². The molecule has 1 amide bonds. The number of carbonyl (C=O) groups excluding carboxylic acids is 1. The van der Waals surface area contributed by atoms with Crippen LogP contribution >= 0.6 is 38.9 Å². The molecule has 0 aliphatic heterocycles. The van der Waals surface area contributed by atoms with Gasteiger partial charge >= 0.3 is 0 Å². The minimum atomic E-state index is -0.858. The molecule has 0 atom stereocenters. The Hall–Kier alpha value is -0.980. The maximum absolute atomic E-state index is 13.5. The molecule has 2 aromatic rings. The second kappa shape index (κ2) is 5.34. The molecule has 2 rings (SSSR count). The van der Waals surface area contributed by atoms with Crippen molar-refractivity contribution in [2.45, 2.75) is 0 Å². The van der Waals surface area contributed by atoms with Crippen LogP contribution in [0.4, 0.5) is 14.5 Å². The molecular formula is C11H5BrClF2NOS. The normalized spacial score (nSPS) is 10.4. The smallest absolute Gasteiger partial charge is 0.267 e. The molecule has 0 fully saturated rings. The van der Waals surface area contributed by atoms with E-state index in [1.165, 1.54) is 6.07 Å². The van der Waals surface area contributed by atoms with E-state index in [1.807, 2.05) is 0 Å². The Labute approximate surface area is 119 Å². The summed E-state index contributed by atoms with van der Waals surface area (Å²) >= 11 is 9.81. The van der Waals surface area contributed by atoms with Crippen LogP contribution in [0.25, 0.3) is 0 Å². The molecule has 0 radical (unpaired) electrons. The van der Waals surface area contributed by atoms with E-state index >= 15 is 0 Å². The van der Waals surface area contributed by atoms with Crippen LogP contribution in [0.5, 0.6) is 0 Å². The number of carbonyl (C=O) groups is 1. The first-order valence-corrected chi connectivity index (χ1v) is 6.73. The molecule has 94 valence electrons. The van der Waals surface area contributed by atoms with Gasteiger partial charge in [0, 0.05) is 4.47 Å². The number of thiophene rings is 1. The van der Waals surface area contributed by atoms with Crippen molar-refractivity contribution in [2.75, 3.05) is 5.32 Å². The van der Waals surface area contributed by atoms with Crippen molar-refractivity contribution in [2.24, 2.45) is 0 Å². The molecule has 0 aliphatic carbocycles. The first kappa shape index (κ1) is 13.5. The lowest BCUT2D eigenvalue weighted by Crippen LogP contribution is -2.13. The second-order valence-electron chi connectivity index (χ2n) is 3.30. The molecule has 0 saturated heterocycles. The average molecular weight is 353 g/mol. The highest BCUT2D eigenvalue weighted by Crippen LogP contribution is 2.27. The second-order valence-corrected chi connectivity index (χ2v) is 5.54. The highest BCUT2D eigenvalue weighted by molar-refractivity contribution is 9.10. The third kappa shape index (κ3) is 2.71. The summed E-state index contributed by atoms with van der Waals surface area (Å²) < 4.78 is 27.3. The van der Waals surface area contributed by atoms with Crippen LogP contribution in [0.15, 0.2) is 28.1 Å². The minimum Gasteiger partial charge on any atom is -0.316 e. The molecular weight excluding hydrogens is 348 g/mol. The Bertz CT molecular complexity index is 594. The van der Waals surface area contributed by atoms with Crippen LogP contribution < -0.4 is 5.32 Å². The quantitative estimate of drug-likeness (QED) is 0.834. The van der Waals surface area contributed by atoms with E-state index in [9.17, 15) is 13.6 Å². The number of halogens is 4. The molecule has 0 aliphatic rings. The third-order valence-corrected chi connectivity index (χ3v) is 3.87. The topological polar surface area (TPSA) is 29.1 Å². The van der Waals surface area contributed by atoms with Crippen LogP contribution in [0.3, 0.4) is 0 Å². The highest BCUT2D eigenvalue weighted by Gasteiger charge is 2.17. The van der Waals surface area contributed by atoms with E-state index in [-0.39, 0.29) is 14.4 Å². The van der Waals surface area contributed by atoms with Crippen molar-refractivity contribution >= 4 is 50.5 Å². The van der Waals surface area contributed by atoms with Gasteiger partial charge < -0.3 is 5.32 Å². The molecule has 1 N–H and O–H groups in total. The van der Waals surface area contributed by atoms with Gasteiger partial charge in [-0.05, 0) is 23.6 Å². The van der Waals surface area contributed by atoms with Gasteiger partial charge in [0.2, 0.25) is 0 Å². The largest absolute Gasteiger partial charge is 0.316 e. The fraction of sp³-hybridized carbons (Fsp3) is 0. The monoisotopic (exact) mass is 351 g/mol. The van der Waals surface area contributed by atoms with Crippen LogP contribution in [0, 0.1) is 11.6 Å². The fourth-order valence-electron chi connectivity index (χ4n) is 1.29. The molecule has 7 heteroatoms. The van der Waals surface area contributed by atoms with Gasteiger partial charge in [0.05, 0.1) is 5.02 Å². The van der Waals surface area contributed by atoms with E-state index in [4.69, 9.17) is 11.6 Å². The fourth-order valence-corrected chi connectivity index (χ4v) is 2.73. The van der Waals surface area contributed by atoms with E-state index in [2.05, 4.69) is 21.2 Å². The zero-order valence-corrected chi connectivity index (χ0v) is 11.8. The van der Waals surface area contributed by atoms with Crippen LogP contribution in [-0.2, 0) is 0 Å². The minimum absolute atomic E-state index is 0.207. The molecule has 1 aromatic heterocycles. The van der Waals surface area contributed by atoms with E-state index in [0.717, 1.165) is 23.5 Å². The number of anilines is 1. The van der Waals surface area contributed by atoms with Crippen molar-refractivity contribution in [1.29, 1.82) is 0 Å². The van der Waals surface area contributed by atoms with Crippen molar-refractivity contribution in [3.8, 4) is 0 Å². The van der Waals surface area contributed by atoms with E-state index in [1.54, 1.807) is 5.38 Å². The summed E-state index contributed by atoms with van der Waals surface area (Å²) in [4.78, 5) is 12.0. The molecule has 0 bridgehead atoms. The van der Waals surface area contributed by atoms with Crippen molar-refractivity contribution < 1.29 is 13.6 Å². The van der Waals surface area contributed by atoms with Crippen LogP contribution in [-0.4, -0.2) is 5.91 Å². The lowest BCUT2D eigenvalue weighted by molar-refractivity contribution is 0.102. The molecule has 0 saturated carbocycles. The summed E-state index contributed by atoms with van der Waals surface area (Å²) in [6.07, 6.45) is 0. The van der Waals surface area contributed by atoms with Gasteiger partial charge in [-0.1, -0.05) is 27.5 Å². The van der Waals surface area contributed by atoms with E-state index in [0.29, 0.717) is 0 Å². The number of hydrogen-bond acceptors (Lipinski definition) is 2. The Kier molecular flexibility index (Phi) is 3.99. The predicted molar refractivity (Wildman–Crippen MR) is 71.3 cm³/mol. The SMILES string of the molecule is O=C(Nc1c(F)cc(Br)cc1F)c1sccc1Cl. The Balaban J connectivity index is 2.31. The molecule has 0 spiro atoms. The van der Waals surface area contributed by atoms with Gasteiger partial charge in [0.15, 0.2) is 11.6 Å². The summed E-state index contributed by atoms with van der Waals surface area (Å²) in [6.45, 7) is 0. The summed E-state index contributed by atoms with van der Waals surface area (Å²) in [5.74, 6) is -2.36. The van der Waals surface area contributed by atoms with Crippen molar-refractivity contribution in [1.82, 2.24) is 0 Å². The number of nitrogens with one attached hydrogen (secondary N) is 1. The summed E-state index contributed by atoms with van der Waals surface area (Å²) in [6, 6.07) is 3.67. The van der Waals surface area contributed by atoms with Gasteiger partial charge in [-0.15, -0.1) is 11.3 Å². The number of benzene rings is 1. The summed E-state index contributed by atoms with van der Waals surface area (Å²) in [5.41, 5.74) is -0.493. The van der Waals surface area contributed by atoms with Gasteiger partial charge in [0.25, 0.3) is 5.91 Å². The maximum atomic E-state index is 13.5. The van der Waals surface area contributed by atoms with Gasteiger partial charge in [0.1, 0.15) is 10.6 Å². The number of amides is 1. The van der Waals surface area contributed by atoms with E-state index < -0.39 is 23.2 Å². The first-order valence-electron chi connectivity index (χ1n) is 4.68. The summed E-state index contributed by atoms with van der Waals surface area (Å²) in [7, 11) is 0. The Morgan fingerprint density at radius 3 is 2.44 bits per heavy atom. The molecule has 2 nitrogen and oxygen atoms in total. The number of hydrogen-bond donors (Lipinski definition) is 1. The predicted octanol–water partition coefficient (Wildman–Crippen LogP) is 4.69. The first-order chi connectivity index (χ1) is 8.49. The lowest BCUT2D eigenvalue weighted by atomic mass is 10.3. The van der Waals surface area contributed by atoms with Crippen molar-refractivity contribution in [3.05, 3.63) is 49.6 Å². The lowest BCUT2D eigenvalue weighted by Gasteiger charge is -2.07. The maximum Gasteiger partial charge on any atom is 0.267 e. The zero-order chi connectivity index (χ0) is 13.3.